The van der Waals surface area contributed by atoms with Crippen molar-refractivity contribution in [3.8, 4) is 5.75 Å². The van der Waals surface area contributed by atoms with Gasteiger partial charge in [0.2, 0.25) is 5.91 Å². The van der Waals surface area contributed by atoms with Gasteiger partial charge in [0.05, 0.1) is 13.2 Å². The van der Waals surface area contributed by atoms with Crippen molar-refractivity contribution >= 4 is 5.91 Å². The van der Waals surface area contributed by atoms with E-state index in [9.17, 15) is 14.3 Å². The summed E-state index contributed by atoms with van der Waals surface area (Å²) >= 11 is 0. The van der Waals surface area contributed by atoms with Crippen LogP contribution in [0.3, 0.4) is 0 Å². The number of carbonyl (C=O) groups is 1. The van der Waals surface area contributed by atoms with E-state index in [4.69, 9.17) is 9.47 Å². The average molecular weight is 298 g/mol. The minimum absolute atomic E-state index is 0.0144. The van der Waals surface area contributed by atoms with Gasteiger partial charge in [-0.15, -0.1) is 0 Å². The number of halogens is 1. The van der Waals surface area contributed by atoms with E-state index in [1.807, 2.05) is 0 Å². The van der Waals surface area contributed by atoms with Crippen molar-refractivity contribution in [2.75, 3.05) is 32.9 Å². The van der Waals surface area contributed by atoms with Crippen LogP contribution < -0.4 is 15.4 Å². The fourth-order valence-corrected chi connectivity index (χ4v) is 1.86. The molecule has 21 heavy (non-hydrogen) atoms. The molecule has 1 aliphatic heterocycles. The van der Waals surface area contributed by atoms with Gasteiger partial charge in [-0.2, -0.15) is 0 Å². The van der Waals surface area contributed by atoms with E-state index < -0.39 is 6.10 Å². The molecule has 0 radical (unpaired) electrons. The lowest BCUT2D eigenvalue weighted by Crippen LogP contribution is -2.52. The third-order valence-electron chi connectivity index (χ3n) is 3.01. The topological polar surface area (TPSA) is 79.8 Å². The molecule has 7 heteroatoms. The second-order valence-electron chi connectivity index (χ2n) is 4.75. The minimum Gasteiger partial charge on any atom is -0.491 e. The predicted molar refractivity (Wildman–Crippen MR) is 73.5 cm³/mol. The molecule has 2 atom stereocenters. The van der Waals surface area contributed by atoms with Crippen molar-refractivity contribution in [3.05, 3.63) is 30.1 Å². The van der Waals surface area contributed by atoms with E-state index in [0.717, 1.165) is 0 Å². The molecule has 0 aliphatic carbocycles. The lowest BCUT2D eigenvalue weighted by atomic mass is 10.2. The summed E-state index contributed by atoms with van der Waals surface area (Å²) in [5.74, 6) is -0.1000. The van der Waals surface area contributed by atoms with Crippen molar-refractivity contribution < 1.29 is 23.8 Å². The molecule has 1 aromatic rings. The van der Waals surface area contributed by atoms with Crippen LogP contribution in [0.1, 0.15) is 0 Å². The van der Waals surface area contributed by atoms with Crippen molar-refractivity contribution in [2.45, 2.75) is 12.1 Å². The number of amides is 1. The summed E-state index contributed by atoms with van der Waals surface area (Å²) < 4.78 is 23.2. The molecule has 1 fully saturated rings. The molecule has 1 amide bonds. The zero-order valence-corrected chi connectivity index (χ0v) is 11.5. The monoisotopic (exact) mass is 298 g/mol. The minimum atomic E-state index is -0.844. The number of aliphatic hydroxyl groups excluding tert-OH is 1. The Bertz CT molecular complexity index is 449. The van der Waals surface area contributed by atoms with Gasteiger partial charge in [0.25, 0.3) is 0 Å². The summed E-state index contributed by atoms with van der Waals surface area (Å²) in [5, 5.41) is 15.4. The Labute approximate surface area is 122 Å². The van der Waals surface area contributed by atoms with Gasteiger partial charge in [-0.05, 0) is 24.3 Å². The number of hydrogen-bond acceptors (Lipinski definition) is 5. The Morgan fingerprint density at radius 2 is 2.29 bits per heavy atom. The number of carbonyl (C=O) groups excluding carboxylic acids is 1. The second kappa shape index (κ2) is 7.92. The summed E-state index contributed by atoms with van der Waals surface area (Å²) in [6, 6.07) is 5.12. The number of nitrogens with one attached hydrogen (secondary N) is 2. The zero-order valence-electron chi connectivity index (χ0n) is 11.5. The molecule has 1 heterocycles. The number of aliphatic hydroxyl groups is 1. The highest BCUT2D eigenvalue weighted by Gasteiger charge is 2.21. The lowest BCUT2D eigenvalue weighted by Gasteiger charge is -2.23. The average Bonchev–Trinajstić information content (AvgIpc) is 2.53. The van der Waals surface area contributed by atoms with Crippen molar-refractivity contribution in [2.24, 2.45) is 0 Å². The Morgan fingerprint density at radius 3 is 2.95 bits per heavy atom. The molecule has 0 aromatic heterocycles. The highest BCUT2D eigenvalue weighted by Crippen LogP contribution is 2.11. The first-order valence-electron chi connectivity index (χ1n) is 6.80. The molecule has 0 spiro atoms. The third-order valence-corrected chi connectivity index (χ3v) is 3.01. The van der Waals surface area contributed by atoms with Gasteiger partial charge >= 0.3 is 0 Å². The Morgan fingerprint density at radius 1 is 1.52 bits per heavy atom. The highest BCUT2D eigenvalue weighted by molar-refractivity contribution is 5.82. The van der Waals surface area contributed by atoms with Crippen LogP contribution in [-0.2, 0) is 9.53 Å². The number of benzene rings is 1. The standard InChI is InChI=1S/C14H19FN2O4/c15-10-1-3-12(4-2-10)21-8-11(18)7-17-14(19)13-9-20-6-5-16-13/h1-4,11,13,16,18H,5-9H2,(H,17,19). The third kappa shape index (κ3) is 5.30. The van der Waals surface area contributed by atoms with Gasteiger partial charge in [0, 0.05) is 13.1 Å². The molecular formula is C14H19FN2O4. The molecule has 2 unspecified atom stereocenters. The molecule has 6 nitrogen and oxygen atoms in total. The van der Waals surface area contributed by atoms with Crippen LogP contribution in [0.25, 0.3) is 0 Å². The summed E-state index contributed by atoms with van der Waals surface area (Å²) in [6.07, 6.45) is -0.844. The first-order valence-corrected chi connectivity index (χ1v) is 6.80. The van der Waals surface area contributed by atoms with E-state index in [1.54, 1.807) is 0 Å². The maximum absolute atomic E-state index is 12.7. The summed E-state index contributed by atoms with van der Waals surface area (Å²) in [6.45, 7) is 1.65. The number of morpholine rings is 1. The van der Waals surface area contributed by atoms with Crippen LogP contribution in [0.15, 0.2) is 24.3 Å². The quantitative estimate of drug-likeness (QED) is 0.670. The second-order valence-corrected chi connectivity index (χ2v) is 4.75. The maximum Gasteiger partial charge on any atom is 0.239 e. The van der Waals surface area contributed by atoms with Crippen LogP contribution >= 0.6 is 0 Å². The van der Waals surface area contributed by atoms with E-state index in [-0.39, 0.29) is 30.9 Å². The molecule has 1 aliphatic rings. The van der Waals surface area contributed by atoms with E-state index in [2.05, 4.69) is 10.6 Å². The lowest BCUT2D eigenvalue weighted by molar-refractivity contribution is -0.126. The summed E-state index contributed by atoms with van der Waals surface area (Å²) in [7, 11) is 0. The van der Waals surface area contributed by atoms with Crippen molar-refractivity contribution in [3.63, 3.8) is 0 Å². The van der Waals surface area contributed by atoms with Crippen molar-refractivity contribution in [1.29, 1.82) is 0 Å². The molecule has 1 aromatic carbocycles. The van der Waals surface area contributed by atoms with Crippen LogP contribution in [0.5, 0.6) is 5.75 Å². The molecule has 0 saturated carbocycles. The van der Waals surface area contributed by atoms with E-state index >= 15 is 0 Å². The molecule has 116 valence electrons. The fraction of sp³-hybridized carbons (Fsp3) is 0.500. The van der Waals surface area contributed by atoms with E-state index in [1.165, 1.54) is 24.3 Å². The van der Waals surface area contributed by atoms with Gasteiger partial charge in [-0.3, -0.25) is 4.79 Å². The van der Waals surface area contributed by atoms with Gasteiger partial charge in [-0.1, -0.05) is 0 Å². The SMILES string of the molecule is O=C(NCC(O)COc1ccc(F)cc1)C1COCCN1. The summed E-state index contributed by atoms with van der Waals surface area (Å²) in [5.41, 5.74) is 0. The Balaban J connectivity index is 1.65. The first kappa shape index (κ1) is 15.7. The molecule has 1 saturated heterocycles. The molecule has 0 bridgehead atoms. The smallest absolute Gasteiger partial charge is 0.239 e. The molecule has 2 rings (SSSR count). The Kier molecular flexibility index (Phi) is 5.91. The number of rotatable bonds is 6. The van der Waals surface area contributed by atoms with Crippen molar-refractivity contribution in [1.82, 2.24) is 10.6 Å². The maximum atomic E-state index is 12.7. The number of ether oxygens (including phenoxy) is 2. The molecular weight excluding hydrogens is 279 g/mol. The predicted octanol–water partition coefficient (Wildman–Crippen LogP) is -0.330. The van der Waals surface area contributed by atoms with Crippen LogP contribution in [0.4, 0.5) is 4.39 Å². The van der Waals surface area contributed by atoms with Gasteiger partial charge in [0.15, 0.2) is 0 Å². The largest absolute Gasteiger partial charge is 0.491 e. The van der Waals surface area contributed by atoms with Gasteiger partial charge in [0.1, 0.15) is 30.3 Å². The van der Waals surface area contributed by atoms with Crippen LogP contribution in [-0.4, -0.2) is 56.1 Å². The van der Waals surface area contributed by atoms with Gasteiger partial charge < -0.3 is 25.2 Å². The first-order chi connectivity index (χ1) is 10.1. The Hall–Kier alpha value is -1.70. The van der Waals surface area contributed by atoms with Crippen LogP contribution in [0.2, 0.25) is 0 Å². The zero-order chi connectivity index (χ0) is 15.1. The number of hydrogen-bond donors (Lipinski definition) is 3. The highest BCUT2D eigenvalue weighted by atomic mass is 19.1. The molecule has 3 N–H and O–H groups in total. The normalized spacial score (nSPS) is 19.8. The van der Waals surface area contributed by atoms with Crippen LogP contribution in [0, 0.1) is 5.82 Å². The summed E-state index contributed by atoms with van der Waals surface area (Å²) in [4.78, 5) is 11.8. The fourth-order valence-electron chi connectivity index (χ4n) is 1.86. The van der Waals surface area contributed by atoms with E-state index in [0.29, 0.717) is 25.5 Å². The van der Waals surface area contributed by atoms with Gasteiger partial charge in [-0.25, -0.2) is 4.39 Å².